The molecule has 2 N–H and O–H groups in total. The molecule has 0 spiro atoms. The molecule has 1 aliphatic heterocycles. The molecule has 0 saturated carbocycles. The topological polar surface area (TPSA) is 41.1 Å². The van der Waals surface area contributed by atoms with Crippen molar-refractivity contribution in [2.75, 3.05) is 13.1 Å². The molecular weight excluding hydrogens is 231 g/mol. The third kappa shape index (κ3) is 2.88. The second-order valence-electron chi connectivity index (χ2n) is 5.02. The van der Waals surface area contributed by atoms with Crippen LogP contribution in [0.2, 0.25) is 0 Å². The van der Waals surface area contributed by atoms with Crippen molar-refractivity contribution in [2.24, 2.45) is 11.8 Å². The van der Waals surface area contributed by atoms with Gasteiger partial charge in [0.15, 0.2) is 0 Å². The molecule has 18 heavy (non-hydrogen) atoms. The van der Waals surface area contributed by atoms with Crippen molar-refractivity contribution in [3.05, 3.63) is 35.6 Å². The lowest BCUT2D eigenvalue weighted by Gasteiger charge is -2.19. The van der Waals surface area contributed by atoms with E-state index in [0.29, 0.717) is 5.92 Å². The van der Waals surface area contributed by atoms with Gasteiger partial charge in [0.2, 0.25) is 5.91 Å². The molecule has 0 aromatic heterocycles. The van der Waals surface area contributed by atoms with Crippen LogP contribution in [0.3, 0.4) is 0 Å². The molecule has 1 aromatic carbocycles. The van der Waals surface area contributed by atoms with E-state index in [0.717, 1.165) is 18.7 Å². The van der Waals surface area contributed by atoms with Crippen LogP contribution in [0.4, 0.5) is 4.39 Å². The van der Waals surface area contributed by atoms with E-state index in [2.05, 4.69) is 17.6 Å². The maximum absolute atomic E-state index is 12.8. The number of benzene rings is 1. The van der Waals surface area contributed by atoms with Crippen molar-refractivity contribution in [3.8, 4) is 0 Å². The second kappa shape index (κ2) is 5.48. The zero-order valence-electron chi connectivity index (χ0n) is 10.7. The van der Waals surface area contributed by atoms with Crippen LogP contribution in [0.15, 0.2) is 24.3 Å². The Morgan fingerprint density at radius 2 is 2.06 bits per heavy atom. The average Bonchev–Trinajstić information content (AvgIpc) is 2.76. The summed E-state index contributed by atoms with van der Waals surface area (Å²) in [4.78, 5) is 12.1. The Balaban J connectivity index is 1.96. The lowest BCUT2D eigenvalue weighted by molar-refractivity contribution is -0.126. The molecule has 1 aromatic rings. The van der Waals surface area contributed by atoms with E-state index < -0.39 is 0 Å². The van der Waals surface area contributed by atoms with Gasteiger partial charge in [0.25, 0.3) is 0 Å². The predicted octanol–water partition coefficient (Wildman–Crippen LogP) is 1.86. The van der Waals surface area contributed by atoms with E-state index in [1.807, 2.05) is 6.92 Å². The Hall–Kier alpha value is -1.42. The quantitative estimate of drug-likeness (QED) is 0.859. The molecule has 98 valence electrons. The summed E-state index contributed by atoms with van der Waals surface area (Å²) < 4.78 is 12.8. The van der Waals surface area contributed by atoms with Gasteiger partial charge < -0.3 is 10.6 Å². The van der Waals surface area contributed by atoms with Crippen molar-refractivity contribution >= 4 is 5.91 Å². The number of carbonyl (C=O) groups excluding carboxylic acids is 1. The summed E-state index contributed by atoms with van der Waals surface area (Å²) in [5, 5.41) is 6.20. The van der Waals surface area contributed by atoms with Crippen LogP contribution < -0.4 is 10.6 Å². The van der Waals surface area contributed by atoms with Crippen molar-refractivity contribution in [3.63, 3.8) is 0 Å². The van der Waals surface area contributed by atoms with E-state index in [1.54, 1.807) is 12.1 Å². The molecule has 3 nitrogen and oxygen atoms in total. The minimum atomic E-state index is -0.258. The van der Waals surface area contributed by atoms with E-state index >= 15 is 0 Å². The highest BCUT2D eigenvalue weighted by Gasteiger charge is 2.30. The van der Waals surface area contributed by atoms with Gasteiger partial charge in [0, 0.05) is 6.54 Å². The maximum atomic E-state index is 12.8. The van der Waals surface area contributed by atoms with Gasteiger partial charge >= 0.3 is 0 Å². The van der Waals surface area contributed by atoms with E-state index in [1.165, 1.54) is 12.1 Å². The van der Waals surface area contributed by atoms with Gasteiger partial charge in [0.1, 0.15) is 5.82 Å². The number of amides is 1. The normalized spacial score (nSPS) is 24.8. The molecule has 0 radical (unpaired) electrons. The molecule has 1 heterocycles. The van der Waals surface area contributed by atoms with Gasteiger partial charge in [-0.2, -0.15) is 0 Å². The number of rotatable bonds is 3. The number of hydrogen-bond donors (Lipinski definition) is 2. The fourth-order valence-electron chi connectivity index (χ4n) is 2.32. The Bertz CT molecular complexity index is 418. The summed E-state index contributed by atoms with van der Waals surface area (Å²) in [6.45, 7) is 5.62. The van der Waals surface area contributed by atoms with Gasteiger partial charge in [0.05, 0.1) is 12.0 Å². The van der Waals surface area contributed by atoms with Crippen molar-refractivity contribution < 1.29 is 9.18 Å². The minimum Gasteiger partial charge on any atom is -0.349 e. The molecule has 1 fully saturated rings. The highest BCUT2D eigenvalue weighted by molar-refractivity contribution is 5.80. The number of carbonyl (C=O) groups is 1. The molecule has 0 bridgehead atoms. The van der Waals surface area contributed by atoms with E-state index in [9.17, 15) is 9.18 Å². The summed E-state index contributed by atoms with van der Waals surface area (Å²) >= 11 is 0. The maximum Gasteiger partial charge on any atom is 0.225 e. The van der Waals surface area contributed by atoms with Crippen LogP contribution >= 0.6 is 0 Å². The van der Waals surface area contributed by atoms with Crippen molar-refractivity contribution in [1.82, 2.24) is 10.6 Å². The first-order valence-corrected chi connectivity index (χ1v) is 6.34. The Morgan fingerprint density at radius 1 is 1.39 bits per heavy atom. The highest BCUT2D eigenvalue weighted by atomic mass is 19.1. The summed E-state index contributed by atoms with van der Waals surface area (Å²) in [5.41, 5.74) is 0.920. The zero-order valence-corrected chi connectivity index (χ0v) is 10.7. The molecule has 1 saturated heterocycles. The largest absolute Gasteiger partial charge is 0.349 e. The average molecular weight is 250 g/mol. The summed E-state index contributed by atoms with van der Waals surface area (Å²) in [6, 6.07) is 6.15. The lowest BCUT2D eigenvalue weighted by Crippen LogP contribution is -2.35. The molecule has 2 rings (SSSR count). The van der Waals surface area contributed by atoms with Crippen molar-refractivity contribution in [2.45, 2.75) is 19.9 Å². The lowest BCUT2D eigenvalue weighted by atomic mass is 9.96. The van der Waals surface area contributed by atoms with E-state index in [-0.39, 0.29) is 23.7 Å². The third-order valence-corrected chi connectivity index (χ3v) is 3.58. The van der Waals surface area contributed by atoms with E-state index in [4.69, 9.17) is 0 Å². The standard InChI is InChI=1S/C14H19FN2O/c1-9-7-16-8-13(9)14(18)17-10(2)11-3-5-12(15)6-4-11/h3-6,9-10,13,16H,7-8H2,1-2H3,(H,17,18)/t9?,10-,13?/m0/s1. The molecular formula is C14H19FN2O. The predicted molar refractivity (Wildman–Crippen MR) is 68.5 cm³/mol. The number of halogens is 1. The summed E-state index contributed by atoms with van der Waals surface area (Å²) in [5.74, 6) is 0.216. The molecule has 1 aliphatic rings. The minimum absolute atomic E-state index is 0.0351. The molecule has 3 atom stereocenters. The Labute approximate surface area is 107 Å². The SMILES string of the molecule is CC1CNCC1C(=O)N[C@@H](C)c1ccc(F)cc1. The van der Waals surface area contributed by atoms with Crippen LogP contribution in [0.5, 0.6) is 0 Å². The monoisotopic (exact) mass is 250 g/mol. The van der Waals surface area contributed by atoms with Gasteiger partial charge in [-0.15, -0.1) is 0 Å². The zero-order chi connectivity index (χ0) is 13.1. The second-order valence-corrected chi connectivity index (χ2v) is 5.02. The van der Waals surface area contributed by atoms with Crippen LogP contribution in [0, 0.1) is 17.7 Å². The highest BCUT2D eigenvalue weighted by Crippen LogP contribution is 2.18. The molecule has 1 amide bonds. The first-order valence-electron chi connectivity index (χ1n) is 6.34. The fourth-order valence-corrected chi connectivity index (χ4v) is 2.32. The van der Waals surface area contributed by atoms with Crippen LogP contribution in [0.1, 0.15) is 25.5 Å². The molecule has 2 unspecified atom stereocenters. The Kier molecular flexibility index (Phi) is 3.97. The van der Waals surface area contributed by atoms with Crippen LogP contribution in [0.25, 0.3) is 0 Å². The van der Waals surface area contributed by atoms with Gasteiger partial charge in [-0.1, -0.05) is 19.1 Å². The van der Waals surface area contributed by atoms with Gasteiger partial charge in [-0.3, -0.25) is 4.79 Å². The first-order chi connectivity index (χ1) is 8.58. The van der Waals surface area contributed by atoms with Crippen LogP contribution in [-0.2, 0) is 4.79 Å². The van der Waals surface area contributed by atoms with Gasteiger partial charge in [-0.05, 0) is 37.1 Å². The smallest absolute Gasteiger partial charge is 0.225 e. The third-order valence-electron chi connectivity index (χ3n) is 3.58. The first kappa shape index (κ1) is 13.0. The Morgan fingerprint density at radius 3 is 2.61 bits per heavy atom. The molecule has 4 heteroatoms. The number of hydrogen-bond acceptors (Lipinski definition) is 2. The van der Waals surface area contributed by atoms with Gasteiger partial charge in [-0.25, -0.2) is 4.39 Å². The number of nitrogens with one attached hydrogen (secondary N) is 2. The molecule has 0 aliphatic carbocycles. The summed E-state index contributed by atoms with van der Waals surface area (Å²) in [6.07, 6.45) is 0. The summed E-state index contributed by atoms with van der Waals surface area (Å²) in [7, 11) is 0. The van der Waals surface area contributed by atoms with Crippen LogP contribution in [-0.4, -0.2) is 19.0 Å². The van der Waals surface area contributed by atoms with Crippen molar-refractivity contribution in [1.29, 1.82) is 0 Å². The fraction of sp³-hybridized carbons (Fsp3) is 0.500.